The number of hydrogen-bond donors (Lipinski definition) is 0. The molecule has 0 radical (unpaired) electrons. The van der Waals surface area contributed by atoms with Gasteiger partial charge in [0, 0.05) is 24.7 Å². The molecule has 0 aromatic heterocycles. The number of esters is 1. The molecule has 2 amide bonds. The van der Waals surface area contributed by atoms with Gasteiger partial charge in [-0.05, 0) is 57.6 Å². The van der Waals surface area contributed by atoms with Gasteiger partial charge in [0.1, 0.15) is 23.4 Å². The molecule has 9 heteroatoms. The molecule has 0 N–H and O–H groups in total. The number of rotatable bonds is 4. The van der Waals surface area contributed by atoms with Crippen molar-refractivity contribution in [1.82, 2.24) is 9.80 Å². The summed E-state index contributed by atoms with van der Waals surface area (Å²) in [6, 6.07) is 1.82. The van der Waals surface area contributed by atoms with Crippen LogP contribution in [0.5, 0.6) is 0 Å². The van der Waals surface area contributed by atoms with Crippen LogP contribution >= 0.6 is 0 Å². The third kappa shape index (κ3) is 4.74. The summed E-state index contributed by atoms with van der Waals surface area (Å²) in [5.74, 6) is -3.05. The highest BCUT2D eigenvalue weighted by molar-refractivity contribution is 5.98. The minimum Gasteiger partial charge on any atom is -0.466 e. The fourth-order valence-corrected chi connectivity index (χ4v) is 5.28. The van der Waals surface area contributed by atoms with Crippen molar-refractivity contribution in [1.29, 1.82) is 0 Å². The van der Waals surface area contributed by atoms with Gasteiger partial charge in [-0.1, -0.05) is 6.42 Å². The van der Waals surface area contributed by atoms with Gasteiger partial charge in [0.05, 0.1) is 19.1 Å². The fourth-order valence-electron chi connectivity index (χ4n) is 5.28. The molecule has 1 atom stereocenters. The molecule has 3 aliphatic rings. The Labute approximate surface area is 192 Å². The zero-order valence-electron chi connectivity index (χ0n) is 18.9. The van der Waals surface area contributed by atoms with Gasteiger partial charge in [-0.3, -0.25) is 19.3 Å². The smallest absolute Gasteiger partial charge is 0.309 e. The van der Waals surface area contributed by atoms with Crippen molar-refractivity contribution in [2.75, 3.05) is 26.3 Å². The lowest BCUT2D eigenvalue weighted by Gasteiger charge is -2.42. The molecule has 0 bridgehead atoms. The van der Waals surface area contributed by atoms with Crippen LogP contribution in [0.3, 0.4) is 0 Å². The van der Waals surface area contributed by atoms with Crippen molar-refractivity contribution < 1.29 is 32.6 Å². The van der Waals surface area contributed by atoms with Gasteiger partial charge in [0.15, 0.2) is 0 Å². The number of ether oxygens (including phenoxy) is 2. The number of amides is 2. The van der Waals surface area contributed by atoms with Crippen molar-refractivity contribution in [3.05, 3.63) is 35.4 Å². The molecule has 1 spiro atoms. The molecule has 1 aromatic carbocycles. The van der Waals surface area contributed by atoms with Crippen LogP contribution in [0.15, 0.2) is 18.2 Å². The first-order valence-electron chi connectivity index (χ1n) is 11.7. The number of likely N-dealkylation sites (tertiary alicyclic amines) is 1. The molecule has 1 aliphatic carbocycles. The summed E-state index contributed by atoms with van der Waals surface area (Å²) in [6.45, 7) is 2.87. The molecular formula is C24H30F2N2O5. The molecule has 7 nitrogen and oxygen atoms in total. The molecule has 3 fully saturated rings. The summed E-state index contributed by atoms with van der Waals surface area (Å²) in [5, 5.41) is 0. The zero-order valence-corrected chi connectivity index (χ0v) is 18.9. The average Bonchev–Trinajstić information content (AvgIpc) is 3.16. The number of halogens is 2. The molecule has 2 heterocycles. The Morgan fingerprint density at radius 3 is 2.30 bits per heavy atom. The Morgan fingerprint density at radius 2 is 1.70 bits per heavy atom. The maximum absolute atomic E-state index is 13.9. The number of nitrogens with zero attached hydrogens (tertiary/aromatic N) is 2. The number of carbonyl (C=O) groups is 3. The van der Waals surface area contributed by atoms with Crippen LogP contribution in [0.4, 0.5) is 8.78 Å². The molecule has 1 aromatic rings. The second-order valence-electron chi connectivity index (χ2n) is 9.02. The van der Waals surface area contributed by atoms with Crippen LogP contribution in [-0.4, -0.2) is 65.7 Å². The van der Waals surface area contributed by atoms with Crippen LogP contribution < -0.4 is 0 Å². The van der Waals surface area contributed by atoms with Crippen LogP contribution in [0.1, 0.15) is 62.2 Å². The minimum atomic E-state index is -0.943. The molecular weight excluding hydrogens is 434 g/mol. The van der Waals surface area contributed by atoms with Crippen LogP contribution in [0.25, 0.3) is 0 Å². The topological polar surface area (TPSA) is 76.2 Å². The van der Waals surface area contributed by atoms with E-state index in [1.165, 1.54) is 4.90 Å². The first-order chi connectivity index (χ1) is 15.8. The minimum absolute atomic E-state index is 0.0418. The summed E-state index contributed by atoms with van der Waals surface area (Å²) in [7, 11) is 0. The third-order valence-electron chi connectivity index (χ3n) is 6.94. The largest absolute Gasteiger partial charge is 0.466 e. The predicted octanol–water partition coefficient (Wildman–Crippen LogP) is 3.27. The van der Waals surface area contributed by atoms with Gasteiger partial charge in [-0.2, -0.15) is 0 Å². The van der Waals surface area contributed by atoms with E-state index in [4.69, 9.17) is 9.47 Å². The average molecular weight is 465 g/mol. The lowest BCUT2D eigenvalue weighted by molar-refractivity contribution is -0.151. The first kappa shape index (κ1) is 23.6. The quantitative estimate of drug-likeness (QED) is 0.640. The highest BCUT2D eigenvalue weighted by Gasteiger charge is 2.54. The Morgan fingerprint density at radius 1 is 1.06 bits per heavy atom. The summed E-state index contributed by atoms with van der Waals surface area (Å²) < 4.78 is 38.9. The SMILES string of the molecule is CCOC(=O)C1CCN(C(=O)C2COC3(CCCCC3)N2C(=O)c2cc(F)cc(F)c2)CC1. The van der Waals surface area contributed by atoms with Crippen molar-refractivity contribution in [2.24, 2.45) is 5.92 Å². The van der Waals surface area contributed by atoms with Crippen LogP contribution in [0, 0.1) is 17.6 Å². The van der Waals surface area contributed by atoms with Gasteiger partial charge in [-0.25, -0.2) is 8.78 Å². The Kier molecular flexibility index (Phi) is 6.97. The second kappa shape index (κ2) is 9.75. The molecule has 4 rings (SSSR count). The van der Waals surface area contributed by atoms with Crippen LogP contribution in [0.2, 0.25) is 0 Å². The van der Waals surface area contributed by atoms with E-state index in [0.29, 0.717) is 51.4 Å². The number of benzene rings is 1. The first-order valence-corrected chi connectivity index (χ1v) is 11.7. The summed E-state index contributed by atoms with van der Waals surface area (Å²) in [6.07, 6.45) is 4.82. The fraction of sp³-hybridized carbons (Fsp3) is 0.625. The van der Waals surface area contributed by atoms with E-state index < -0.39 is 29.3 Å². The second-order valence-corrected chi connectivity index (χ2v) is 9.02. The van der Waals surface area contributed by atoms with Gasteiger partial charge in [0.2, 0.25) is 5.91 Å². The van der Waals surface area contributed by atoms with Crippen molar-refractivity contribution in [3.8, 4) is 0 Å². The number of hydrogen-bond acceptors (Lipinski definition) is 5. The monoisotopic (exact) mass is 464 g/mol. The number of carbonyl (C=O) groups excluding carboxylic acids is 3. The highest BCUT2D eigenvalue weighted by atomic mass is 19.1. The lowest BCUT2D eigenvalue weighted by Crippen LogP contribution is -2.57. The van der Waals surface area contributed by atoms with E-state index in [-0.39, 0.29) is 30.0 Å². The summed E-state index contributed by atoms with van der Waals surface area (Å²) in [4.78, 5) is 42.1. The molecule has 33 heavy (non-hydrogen) atoms. The molecule has 180 valence electrons. The van der Waals surface area contributed by atoms with E-state index in [9.17, 15) is 23.2 Å². The number of piperidine rings is 1. The molecule has 2 saturated heterocycles. The molecule has 1 saturated carbocycles. The van der Waals surface area contributed by atoms with Gasteiger partial charge >= 0.3 is 5.97 Å². The zero-order chi connectivity index (χ0) is 23.6. The van der Waals surface area contributed by atoms with Crippen molar-refractivity contribution >= 4 is 17.8 Å². The normalized spacial score (nSPS) is 23.1. The third-order valence-corrected chi connectivity index (χ3v) is 6.94. The van der Waals surface area contributed by atoms with Gasteiger partial charge in [-0.15, -0.1) is 0 Å². The van der Waals surface area contributed by atoms with Crippen molar-refractivity contribution in [3.63, 3.8) is 0 Å². The van der Waals surface area contributed by atoms with E-state index in [0.717, 1.165) is 31.4 Å². The van der Waals surface area contributed by atoms with Gasteiger partial charge < -0.3 is 14.4 Å². The lowest BCUT2D eigenvalue weighted by atomic mass is 9.89. The highest BCUT2D eigenvalue weighted by Crippen LogP contribution is 2.42. The van der Waals surface area contributed by atoms with Crippen LogP contribution in [-0.2, 0) is 19.1 Å². The maximum Gasteiger partial charge on any atom is 0.309 e. The maximum atomic E-state index is 13.9. The molecule has 1 unspecified atom stereocenters. The van der Waals surface area contributed by atoms with Crippen molar-refractivity contribution in [2.45, 2.75) is 63.6 Å². The Balaban J connectivity index is 1.55. The summed E-state index contributed by atoms with van der Waals surface area (Å²) in [5.41, 5.74) is -1.08. The Bertz CT molecular complexity index is 890. The Hall–Kier alpha value is -2.55. The van der Waals surface area contributed by atoms with E-state index >= 15 is 0 Å². The van der Waals surface area contributed by atoms with E-state index in [1.54, 1.807) is 11.8 Å². The predicted molar refractivity (Wildman–Crippen MR) is 114 cm³/mol. The van der Waals surface area contributed by atoms with E-state index in [1.807, 2.05) is 0 Å². The standard InChI is InChI=1S/C24H30F2N2O5/c1-2-32-23(31)16-6-10-27(11-7-16)22(30)20-15-33-24(8-4-3-5-9-24)28(20)21(29)17-12-18(25)14-19(26)13-17/h12-14,16,20H,2-11,15H2,1H3. The van der Waals surface area contributed by atoms with Gasteiger partial charge in [0.25, 0.3) is 5.91 Å². The molecule has 2 aliphatic heterocycles. The summed E-state index contributed by atoms with van der Waals surface area (Å²) >= 11 is 0. The van der Waals surface area contributed by atoms with E-state index in [2.05, 4.69) is 0 Å².